The lowest BCUT2D eigenvalue weighted by Crippen LogP contribution is -2.56. The standard InChI is InChI=1S/C25H39N3O7/c1-17(2)15-21(28-25(32)35-14-13-34-12-11-33-3)23(30)27-20(16-18-7-5-4-6-8-18)22(29)24(31)26-19-9-10-19/h4-8,17,19-22,29H,9-16H2,1-3H3,(H,26,31)(H,27,30)(H,28,32). The highest BCUT2D eigenvalue weighted by atomic mass is 16.6. The van der Waals surface area contributed by atoms with Crippen LogP contribution in [0.3, 0.4) is 0 Å². The van der Waals surface area contributed by atoms with E-state index in [1.807, 2.05) is 44.2 Å². The summed E-state index contributed by atoms with van der Waals surface area (Å²) in [6, 6.07) is 7.60. The fraction of sp³-hybridized carbons (Fsp3) is 0.640. The van der Waals surface area contributed by atoms with Crippen molar-refractivity contribution in [2.75, 3.05) is 33.5 Å². The highest BCUT2D eigenvalue weighted by Crippen LogP contribution is 2.19. The zero-order chi connectivity index (χ0) is 25.6. The SMILES string of the molecule is COCCOCCOC(=O)NC(CC(C)C)C(=O)NC(Cc1ccccc1)C(O)C(=O)NC1CC1. The van der Waals surface area contributed by atoms with Crippen LogP contribution in [0.4, 0.5) is 4.79 Å². The number of amides is 3. The molecule has 1 aromatic rings. The molecule has 1 aromatic carbocycles. The maximum atomic E-state index is 13.2. The third kappa shape index (κ3) is 11.5. The molecule has 0 radical (unpaired) electrons. The minimum Gasteiger partial charge on any atom is -0.447 e. The summed E-state index contributed by atoms with van der Waals surface area (Å²) < 4.78 is 15.2. The molecule has 1 aliphatic carbocycles. The fourth-order valence-corrected chi connectivity index (χ4v) is 3.41. The molecular weight excluding hydrogens is 454 g/mol. The number of alkyl carbamates (subject to hydrolysis) is 1. The lowest BCUT2D eigenvalue weighted by atomic mass is 9.98. The van der Waals surface area contributed by atoms with Crippen molar-refractivity contribution in [2.24, 2.45) is 5.92 Å². The zero-order valence-corrected chi connectivity index (χ0v) is 20.8. The summed E-state index contributed by atoms with van der Waals surface area (Å²) in [4.78, 5) is 38.0. The Bertz CT molecular complexity index is 787. The molecule has 0 saturated heterocycles. The van der Waals surface area contributed by atoms with Crippen LogP contribution in [0, 0.1) is 5.92 Å². The number of hydrogen-bond acceptors (Lipinski definition) is 7. The van der Waals surface area contributed by atoms with Crippen LogP contribution in [0.5, 0.6) is 0 Å². The van der Waals surface area contributed by atoms with Gasteiger partial charge in [-0.05, 0) is 37.2 Å². The van der Waals surface area contributed by atoms with Crippen LogP contribution in [-0.2, 0) is 30.2 Å². The first-order valence-electron chi connectivity index (χ1n) is 12.1. The van der Waals surface area contributed by atoms with Crippen LogP contribution >= 0.6 is 0 Å². The molecule has 0 heterocycles. The van der Waals surface area contributed by atoms with Crippen molar-refractivity contribution in [3.05, 3.63) is 35.9 Å². The molecular formula is C25H39N3O7. The summed E-state index contributed by atoms with van der Waals surface area (Å²) in [5, 5.41) is 18.9. The van der Waals surface area contributed by atoms with Crippen LogP contribution in [-0.4, -0.2) is 80.8 Å². The molecule has 3 unspecified atom stereocenters. The number of nitrogens with one attached hydrogen (secondary N) is 3. The molecule has 0 aromatic heterocycles. The van der Waals surface area contributed by atoms with E-state index in [9.17, 15) is 19.5 Å². The van der Waals surface area contributed by atoms with Crippen LogP contribution in [0.15, 0.2) is 30.3 Å². The second-order valence-electron chi connectivity index (χ2n) is 9.10. The summed E-state index contributed by atoms with van der Waals surface area (Å²) in [6.07, 6.45) is 0.197. The lowest BCUT2D eigenvalue weighted by molar-refractivity contribution is -0.132. The van der Waals surface area contributed by atoms with Crippen LogP contribution in [0.1, 0.15) is 38.7 Å². The summed E-state index contributed by atoms with van der Waals surface area (Å²) in [6.45, 7) is 4.92. The number of rotatable bonds is 16. The van der Waals surface area contributed by atoms with Gasteiger partial charge in [-0.2, -0.15) is 0 Å². The van der Waals surface area contributed by atoms with Gasteiger partial charge < -0.3 is 35.3 Å². The van der Waals surface area contributed by atoms with E-state index in [1.165, 1.54) is 0 Å². The van der Waals surface area contributed by atoms with Crippen molar-refractivity contribution in [1.82, 2.24) is 16.0 Å². The number of ether oxygens (including phenoxy) is 3. The molecule has 10 nitrogen and oxygen atoms in total. The van der Waals surface area contributed by atoms with E-state index >= 15 is 0 Å². The Hall–Kier alpha value is -2.69. The van der Waals surface area contributed by atoms with Gasteiger partial charge in [-0.25, -0.2) is 4.79 Å². The topological polar surface area (TPSA) is 135 Å². The van der Waals surface area contributed by atoms with Gasteiger partial charge in [0.1, 0.15) is 12.6 Å². The smallest absolute Gasteiger partial charge is 0.407 e. The number of methoxy groups -OCH3 is 1. The van der Waals surface area contributed by atoms with E-state index < -0.39 is 36.1 Å². The quantitative estimate of drug-likeness (QED) is 0.254. The van der Waals surface area contributed by atoms with Crippen LogP contribution in [0.2, 0.25) is 0 Å². The van der Waals surface area contributed by atoms with Crippen molar-refractivity contribution in [3.63, 3.8) is 0 Å². The van der Waals surface area contributed by atoms with Crippen LogP contribution in [0.25, 0.3) is 0 Å². The molecule has 1 saturated carbocycles. The van der Waals surface area contributed by atoms with E-state index in [1.54, 1.807) is 7.11 Å². The molecule has 1 aliphatic rings. The summed E-state index contributed by atoms with van der Waals surface area (Å²) in [5.74, 6) is -0.916. The molecule has 3 amide bonds. The molecule has 10 heteroatoms. The number of aliphatic hydroxyl groups is 1. The maximum Gasteiger partial charge on any atom is 0.407 e. The Labute approximate surface area is 207 Å². The molecule has 0 spiro atoms. The molecule has 196 valence electrons. The predicted octanol–water partition coefficient (Wildman–Crippen LogP) is 1.16. The van der Waals surface area contributed by atoms with Crippen molar-refractivity contribution in [1.29, 1.82) is 0 Å². The number of hydrogen-bond donors (Lipinski definition) is 4. The maximum absolute atomic E-state index is 13.2. The number of carbonyl (C=O) groups is 3. The third-order valence-electron chi connectivity index (χ3n) is 5.41. The Kier molecular flexibility index (Phi) is 12.5. The second kappa shape index (κ2) is 15.3. The Morgan fingerprint density at radius 3 is 2.31 bits per heavy atom. The number of benzene rings is 1. The Morgan fingerprint density at radius 2 is 1.69 bits per heavy atom. The average molecular weight is 494 g/mol. The van der Waals surface area contributed by atoms with Gasteiger partial charge in [0.2, 0.25) is 5.91 Å². The largest absolute Gasteiger partial charge is 0.447 e. The van der Waals surface area contributed by atoms with Gasteiger partial charge in [-0.15, -0.1) is 0 Å². The highest BCUT2D eigenvalue weighted by Gasteiger charge is 2.34. The van der Waals surface area contributed by atoms with E-state index in [0.29, 0.717) is 19.6 Å². The molecule has 35 heavy (non-hydrogen) atoms. The van der Waals surface area contributed by atoms with Crippen LogP contribution < -0.4 is 16.0 Å². The van der Waals surface area contributed by atoms with Gasteiger partial charge in [0, 0.05) is 13.2 Å². The average Bonchev–Trinajstić information content (AvgIpc) is 3.64. The van der Waals surface area contributed by atoms with E-state index in [4.69, 9.17) is 14.2 Å². The first-order chi connectivity index (χ1) is 16.8. The van der Waals surface area contributed by atoms with Gasteiger partial charge in [0.15, 0.2) is 6.10 Å². The summed E-state index contributed by atoms with van der Waals surface area (Å²) >= 11 is 0. The highest BCUT2D eigenvalue weighted by molar-refractivity contribution is 5.87. The third-order valence-corrected chi connectivity index (χ3v) is 5.41. The first kappa shape index (κ1) is 28.5. The fourth-order valence-electron chi connectivity index (χ4n) is 3.41. The lowest BCUT2D eigenvalue weighted by Gasteiger charge is -2.27. The number of carbonyl (C=O) groups excluding carboxylic acids is 3. The zero-order valence-electron chi connectivity index (χ0n) is 20.8. The Balaban J connectivity index is 1.99. The van der Waals surface area contributed by atoms with Gasteiger partial charge >= 0.3 is 6.09 Å². The van der Waals surface area contributed by atoms with E-state index in [2.05, 4.69) is 16.0 Å². The van der Waals surface area contributed by atoms with Gasteiger partial charge in [-0.1, -0.05) is 44.2 Å². The molecule has 2 rings (SSSR count). The number of aliphatic hydroxyl groups excluding tert-OH is 1. The van der Waals surface area contributed by atoms with E-state index in [-0.39, 0.29) is 31.6 Å². The summed E-state index contributed by atoms with van der Waals surface area (Å²) in [7, 11) is 1.57. The molecule has 1 fully saturated rings. The van der Waals surface area contributed by atoms with Crippen molar-refractivity contribution in [2.45, 2.75) is 63.8 Å². The normalized spacial score (nSPS) is 15.7. The Morgan fingerprint density at radius 1 is 1.00 bits per heavy atom. The first-order valence-corrected chi connectivity index (χ1v) is 12.1. The van der Waals surface area contributed by atoms with E-state index in [0.717, 1.165) is 18.4 Å². The molecule has 0 aliphatic heterocycles. The molecule has 0 bridgehead atoms. The minimum atomic E-state index is -1.43. The van der Waals surface area contributed by atoms with Gasteiger partial charge in [0.25, 0.3) is 5.91 Å². The molecule has 4 N–H and O–H groups in total. The molecule has 3 atom stereocenters. The van der Waals surface area contributed by atoms with Crippen molar-refractivity contribution >= 4 is 17.9 Å². The van der Waals surface area contributed by atoms with Gasteiger partial charge in [0.05, 0.1) is 25.9 Å². The van der Waals surface area contributed by atoms with Crippen molar-refractivity contribution in [3.8, 4) is 0 Å². The van der Waals surface area contributed by atoms with Gasteiger partial charge in [-0.3, -0.25) is 9.59 Å². The summed E-state index contributed by atoms with van der Waals surface area (Å²) in [5.41, 5.74) is 0.859. The minimum absolute atomic E-state index is 0.0300. The second-order valence-corrected chi connectivity index (χ2v) is 9.10. The van der Waals surface area contributed by atoms with Crippen molar-refractivity contribution < 1.29 is 33.7 Å². The predicted molar refractivity (Wildman–Crippen MR) is 130 cm³/mol. The monoisotopic (exact) mass is 493 g/mol.